The third kappa shape index (κ3) is 4.94. The maximum atomic E-state index is 12.6. The van der Waals surface area contributed by atoms with Crippen LogP contribution < -0.4 is 15.7 Å². The van der Waals surface area contributed by atoms with Crippen LogP contribution in [0.25, 0.3) is 11.0 Å². The van der Waals surface area contributed by atoms with E-state index in [9.17, 15) is 14.4 Å². The lowest BCUT2D eigenvalue weighted by Gasteiger charge is -2.17. The summed E-state index contributed by atoms with van der Waals surface area (Å²) in [7, 11) is 0. The van der Waals surface area contributed by atoms with E-state index in [0.29, 0.717) is 23.1 Å². The summed E-state index contributed by atoms with van der Waals surface area (Å²) >= 11 is 0. The Kier molecular flexibility index (Phi) is 6.74. The minimum absolute atomic E-state index is 0.0970. The van der Waals surface area contributed by atoms with Gasteiger partial charge in [0.2, 0.25) is 0 Å². The monoisotopic (exact) mass is 423 g/mol. The molecule has 0 aliphatic rings. The summed E-state index contributed by atoms with van der Waals surface area (Å²) < 4.78 is 16.1. The highest BCUT2D eigenvalue weighted by Crippen LogP contribution is 2.29. The maximum Gasteiger partial charge on any atom is 0.408 e. The average Bonchev–Trinajstić information content (AvgIpc) is 2.77. The van der Waals surface area contributed by atoms with Crippen molar-refractivity contribution in [2.45, 2.75) is 46.8 Å². The number of carbonyl (C=O) groups excluding carboxylic acids is 2. The molecule has 0 saturated carbocycles. The van der Waals surface area contributed by atoms with Gasteiger partial charge in [0.1, 0.15) is 24.0 Å². The van der Waals surface area contributed by atoms with Crippen LogP contribution in [-0.4, -0.2) is 18.1 Å². The van der Waals surface area contributed by atoms with E-state index in [0.717, 1.165) is 16.5 Å². The van der Waals surface area contributed by atoms with E-state index in [1.807, 2.05) is 37.3 Å². The van der Waals surface area contributed by atoms with Crippen LogP contribution >= 0.6 is 0 Å². The molecule has 7 nitrogen and oxygen atoms in total. The van der Waals surface area contributed by atoms with E-state index in [-0.39, 0.29) is 12.4 Å². The number of nitrogens with one attached hydrogen (secondary N) is 1. The van der Waals surface area contributed by atoms with Crippen molar-refractivity contribution in [2.24, 2.45) is 0 Å². The van der Waals surface area contributed by atoms with Crippen LogP contribution in [0.4, 0.5) is 4.79 Å². The van der Waals surface area contributed by atoms with Gasteiger partial charge in [-0.25, -0.2) is 14.4 Å². The molecular weight excluding hydrogens is 398 g/mol. The van der Waals surface area contributed by atoms with Gasteiger partial charge in [-0.1, -0.05) is 37.3 Å². The summed E-state index contributed by atoms with van der Waals surface area (Å²) in [6, 6.07) is 11.8. The van der Waals surface area contributed by atoms with Crippen molar-refractivity contribution in [2.75, 3.05) is 0 Å². The minimum Gasteiger partial charge on any atom is -0.445 e. The van der Waals surface area contributed by atoms with Gasteiger partial charge in [-0.15, -0.1) is 0 Å². The van der Waals surface area contributed by atoms with Gasteiger partial charge in [0.05, 0.1) is 0 Å². The average molecular weight is 423 g/mol. The molecule has 2 aromatic carbocycles. The van der Waals surface area contributed by atoms with Gasteiger partial charge in [0, 0.05) is 16.5 Å². The van der Waals surface area contributed by atoms with Gasteiger partial charge in [-0.05, 0) is 50.5 Å². The van der Waals surface area contributed by atoms with E-state index < -0.39 is 23.7 Å². The number of fused-ring (bicyclic) bond motifs is 1. The number of carbonyl (C=O) groups is 2. The van der Waals surface area contributed by atoms with Crippen LogP contribution in [0.3, 0.4) is 0 Å². The Morgan fingerprint density at radius 1 is 1.00 bits per heavy atom. The lowest BCUT2D eigenvalue weighted by molar-refractivity contribution is -0.136. The largest absolute Gasteiger partial charge is 0.445 e. The molecule has 0 bridgehead atoms. The van der Waals surface area contributed by atoms with Crippen LogP contribution in [0.1, 0.15) is 35.6 Å². The zero-order valence-corrected chi connectivity index (χ0v) is 18.0. The molecular formula is C24H25NO6. The quantitative estimate of drug-likeness (QED) is 0.360. The predicted octanol–water partition coefficient (Wildman–Crippen LogP) is 4.33. The lowest BCUT2D eigenvalue weighted by atomic mass is 10.0. The standard InChI is InChI=1S/C24H25NO6/c1-5-19(25-24(28)29-13-17-9-7-6-8-10-17)23(27)30-20-12-11-18-14(2)15(3)22(26)31-21(18)16(20)4/h6-12,19H,5,13H2,1-4H3,(H,25,28)/t19-/m1/s1. The molecule has 0 spiro atoms. The summed E-state index contributed by atoms with van der Waals surface area (Å²) in [6.45, 7) is 7.11. The summed E-state index contributed by atoms with van der Waals surface area (Å²) in [6.07, 6.45) is -0.390. The fraction of sp³-hybridized carbons (Fsp3) is 0.292. The Bertz CT molecular complexity index is 1170. The Morgan fingerprint density at radius 2 is 1.71 bits per heavy atom. The number of hydrogen-bond donors (Lipinski definition) is 1. The minimum atomic E-state index is -0.884. The van der Waals surface area contributed by atoms with Gasteiger partial charge in [0.15, 0.2) is 0 Å². The molecule has 31 heavy (non-hydrogen) atoms. The third-order valence-corrected chi connectivity index (χ3v) is 5.23. The molecule has 0 aliphatic carbocycles. The molecule has 7 heteroatoms. The first kappa shape index (κ1) is 22.1. The van der Waals surface area contributed by atoms with E-state index in [1.54, 1.807) is 32.9 Å². The Balaban J connectivity index is 1.71. The molecule has 3 aromatic rings. The highest BCUT2D eigenvalue weighted by Gasteiger charge is 2.23. The predicted molar refractivity (Wildman–Crippen MR) is 116 cm³/mol. The first-order valence-electron chi connectivity index (χ1n) is 10.0. The second-order valence-corrected chi connectivity index (χ2v) is 7.29. The molecule has 3 rings (SSSR count). The van der Waals surface area contributed by atoms with E-state index >= 15 is 0 Å². The summed E-state index contributed by atoms with van der Waals surface area (Å²) in [5, 5.41) is 3.31. The molecule has 0 aliphatic heterocycles. The summed E-state index contributed by atoms with van der Waals surface area (Å²) in [4.78, 5) is 36.8. The van der Waals surface area contributed by atoms with Crippen LogP contribution in [0.2, 0.25) is 0 Å². The van der Waals surface area contributed by atoms with Crippen LogP contribution in [0.5, 0.6) is 5.75 Å². The summed E-state index contributed by atoms with van der Waals surface area (Å²) in [5.74, 6) is -0.366. The molecule has 1 N–H and O–H groups in total. The fourth-order valence-electron chi connectivity index (χ4n) is 3.15. The number of aryl methyl sites for hydroxylation is 2. The molecule has 0 fully saturated rings. The zero-order valence-electron chi connectivity index (χ0n) is 18.0. The van der Waals surface area contributed by atoms with Crippen molar-refractivity contribution in [3.8, 4) is 5.75 Å². The van der Waals surface area contributed by atoms with Crippen molar-refractivity contribution in [1.29, 1.82) is 0 Å². The maximum absolute atomic E-state index is 12.6. The zero-order chi connectivity index (χ0) is 22.5. The van der Waals surface area contributed by atoms with E-state index in [4.69, 9.17) is 13.9 Å². The van der Waals surface area contributed by atoms with Gasteiger partial charge in [-0.2, -0.15) is 0 Å². The van der Waals surface area contributed by atoms with Gasteiger partial charge < -0.3 is 19.2 Å². The van der Waals surface area contributed by atoms with Crippen LogP contribution in [0, 0.1) is 20.8 Å². The van der Waals surface area contributed by atoms with Crippen LogP contribution in [-0.2, 0) is 16.1 Å². The Morgan fingerprint density at radius 3 is 2.39 bits per heavy atom. The topological polar surface area (TPSA) is 94.8 Å². The van der Waals surface area contributed by atoms with Gasteiger partial charge in [-0.3, -0.25) is 0 Å². The molecule has 0 saturated heterocycles. The number of ether oxygens (including phenoxy) is 2. The highest BCUT2D eigenvalue weighted by molar-refractivity contribution is 5.88. The first-order chi connectivity index (χ1) is 14.8. The van der Waals surface area contributed by atoms with Crippen molar-refractivity contribution in [3.63, 3.8) is 0 Å². The molecule has 1 aromatic heterocycles. The molecule has 0 radical (unpaired) electrons. The number of alkyl carbamates (subject to hydrolysis) is 1. The van der Waals surface area contributed by atoms with E-state index in [2.05, 4.69) is 5.32 Å². The molecule has 1 heterocycles. The number of amides is 1. The number of esters is 1. The SMILES string of the molecule is CC[C@@H](NC(=O)OCc1ccccc1)C(=O)Oc1ccc2c(C)c(C)c(=O)oc2c1C. The number of rotatable bonds is 6. The Labute approximate surface area is 180 Å². The van der Waals surface area contributed by atoms with Crippen LogP contribution in [0.15, 0.2) is 51.7 Å². The number of benzene rings is 2. The third-order valence-electron chi connectivity index (χ3n) is 5.23. The van der Waals surface area contributed by atoms with Gasteiger partial charge in [0.25, 0.3) is 0 Å². The number of hydrogen-bond acceptors (Lipinski definition) is 6. The van der Waals surface area contributed by atoms with Crippen molar-refractivity contribution >= 4 is 23.0 Å². The molecule has 1 atom stereocenters. The van der Waals surface area contributed by atoms with E-state index in [1.165, 1.54) is 0 Å². The van der Waals surface area contributed by atoms with Crippen molar-refractivity contribution in [1.82, 2.24) is 5.32 Å². The molecule has 0 unspecified atom stereocenters. The van der Waals surface area contributed by atoms with Crippen molar-refractivity contribution < 1.29 is 23.5 Å². The fourth-order valence-corrected chi connectivity index (χ4v) is 3.15. The second-order valence-electron chi connectivity index (χ2n) is 7.29. The van der Waals surface area contributed by atoms with Gasteiger partial charge >= 0.3 is 17.7 Å². The first-order valence-corrected chi connectivity index (χ1v) is 10.0. The lowest BCUT2D eigenvalue weighted by Crippen LogP contribution is -2.42. The smallest absolute Gasteiger partial charge is 0.408 e. The highest BCUT2D eigenvalue weighted by atomic mass is 16.6. The normalized spacial score (nSPS) is 11.7. The second kappa shape index (κ2) is 9.47. The molecule has 162 valence electrons. The molecule has 1 amide bonds. The van der Waals surface area contributed by atoms with Crippen molar-refractivity contribution in [3.05, 3.63) is 75.1 Å². The Hall–Kier alpha value is -3.61. The summed E-state index contributed by atoms with van der Waals surface area (Å²) in [5.41, 5.74) is 2.69.